The first-order valence-electron chi connectivity index (χ1n) is 10.2. The number of sulfonamides is 1. The first-order valence-corrected chi connectivity index (χ1v) is 12.6. The van der Waals surface area contributed by atoms with E-state index in [4.69, 9.17) is 4.74 Å². The molecule has 0 bridgehead atoms. The second kappa shape index (κ2) is 10.3. The molecule has 1 amide bonds. The van der Waals surface area contributed by atoms with Crippen LogP contribution in [-0.4, -0.2) is 20.9 Å². The van der Waals surface area contributed by atoms with Gasteiger partial charge in [0.1, 0.15) is 9.96 Å². The Hall–Kier alpha value is -3.62. The lowest BCUT2D eigenvalue weighted by Gasteiger charge is -2.13. The molecular formula is C25H22N2O4S2. The third-order valence-electron chi connectivity index (χ3n) is 4.76. The molecule has 4 rings (SSSR count). The van der Waals surface area contributed by atoms with Crippen LogP contribution in [0.5, 0.6) is 5.75 Å². The fourth-order valence-corrected chi connectivity index (χ4v) is 5.20. The second-order valence-corrected chi connectivity index (χ2v) is 10.0. The van der Waals surface area contributed by atoms with Gasteiger partial charge in [-0.25, -0.2) is 8.42 Å². The quantitative estimate of drug-likeness (QED) is 0.336. The maximum absolute atomic E-state index is 12.9. The van der Waals surface area contributed by atoms with E-state index in [1.54, 1.807) is 41.8 Å². The smallest absolute Gasteiger partial charge is 0.271 e. The van der Waals surface area contributed by atoms with E-state index < -0.39 is 10.0 Å². The van der Waals surface area contributed by atoms with Crippen LogP contribution in [-0.2, 0) is 16.4 Å². The van der Waals surface area contributed by atoms with Gasteiger partial charge in [-0.1, -0.05) is 54.6 Å². The van der Waals surface area contributed by atoms with Crippen molar-refractivity contribution in [1.82, 2.24) is 0 Å². The Kier molecular flexibility index (Phi) is 7.07. The predicted molar refractivity (Wildman–Crippen MR) is 132 cm³/mol. The number of amides is 1. The van der Waals surface area contributed by atoms with Crippen molar-refractivity contribution in [2.45, 2.75) is 10.6 Å². The maximum atomic E-state index is 12.9. The average Bonchev–Trinajstić information content (AvgIpc) is 3.37. The maximum Gasteiger partial charge on any atom is 0.271 e. The molecule has 0 saturated carbocycles. The van der Waals surface area contributed by atoms with Gasteiger partial charge < -0.3 is 10.1 Å². The van der Waals surface area contributed by atoms with Gasteiger partial charge in [-0.05, 0) is 47.3 Å². The molecule has 1 heterocycles. The molecule has 0 aliphatic heterocycles. The third kappa shape index (κ3) is 6.00. The molecule has 0 aliphatic carbocycles. The number of ether oxygens (including phenoxy) is 1. The van der Waals surface area contributed by atoms with Gasteiger partial charge in [0.15, 0.2) is 0 Å². The van der Waals surface area contributed by atoms with E-state index in [0.717, 1.165) is 17.8 Å². The van der Waals surface area contributed by atoms with Crippen molar-refractivity contribution in [3.63, 3.8) is 0 Å². The van der Waals surface area contributed by atoms with Gasteiger partial charge in [0.2, 0.25) is 0 Å². The number of anilines is 2. The first-order chi connectivity index (χ1) is 16.0. The number of carbonyl (C=O) groups excluding carboxylic acids is 1. The van der Waals surface area contributed by atoms with E-state index in [1.807, 2.05) is 42.5 Å². The molecule has 33 heavy (non-hydrogen) atoms. The van der Waals surface area contributed by atoms with E-state index in [-0.39, 0.29) is 10.1 Å². The minimum absolute atomic E-state index is 0.207. The van der Waals surface area contributed by atoms with E-state index in [9.17, 15) is 13.2 Å². The number of benzene rings is 3. The number of hydrogen-bond donors (Lipinski definition) is 2. The van der Waals surface area contributed by atoms with Crippen molar-refractivity contribution in [2.24, 2.45) is 0 Å². The SMILES string of the molecule is O=C(Nc1ccccc1OCCc1ccccc1)c1cccc(NS(=O)(=O)c2cccs2)c1. The number of rotatable bonds is 9. The highest BCUT2D eigenvalue weighted by molar-refractivity contribution is 7.94. The normalized spacial score (nSPS) is 11.0. The number of thiophene rings is 1. The zero-order chi connectivity index (χ0) is 23.1. The van der Waals surface area contributed by atoms with Gasteiger partial charge >= 0.3 is 0 Å². The van der Waals surface area contributed by atoms with E-state index in [2.05, 4.69) is 10.0 Å². The van der Waals surface area contributed by atoms with Crippen LogP contribution in [0.4, 0.5) is 11.4 Å². The second-order valence-electron chi connectivity index (χ2n) is 7.15. The van der Waals surface area contributed by atoms with E-state index in [0.29, 0.717) is 29.3 Å². The molecular weight excluding hydrogens is 456 g/mol. The molecule has 1 aromatic heterocycles. The van der Waals surface area contributed by atoms with Gasteiger partial charge in [-0.2, -0.15) is 0 Å². The van der Waals surface area contributed by atoms with Crippen molar-refractivity contribution in [1.29, 1.82) is 0 Å². The molecule has 0 fully saturated rings. The molecule has 0 atom stereocenters. The third-order valence-corrected chi connectivity index (χ3v) is 7.54. The standard InChI is InChI=1S/C25H22N2O4S2/c28-25(20-10-6-11-21(18-20)27-33(29,30)24-14-7-17-32-24)26-22-12-4-5-13-23(22)31-16-15-19-8-2-1-3-9-19/h1-14,17-18,27H,15-16H2,(H,26,28). The van der Waals surface area contributed by atoms with Crippen LogP contribution in [0.25, 0.3) is 0 Å². The van der Waals surface area contributed by atoms with Crippen LogP contribution in [0, 0.1) is 0 Å². The summed E-state index contributed by atoms with van der Waals surface area (Å²) in [5.74, 6) is 0.197. The Balaban J connectivity index is 1.43. The molecule has 4 aromatic rings. The van der Waals surface area contributed by atoms with Crippen LogP contribution < -0.4 is 14.8 Å². The summed E-state index contributed by atoms with van der Waals surface area (Å²) in [6.45, 7) is 0.469. The van der Waals surface area contributed by atoms with Gasteiger partial charge in [0.25, 0.3) is 15.9 Å². The molecule has 0 radical (unpaired) electrons. The van der Waals surface area contributed by atoms with Crippen LogP contribution in [0.2, 0.25) is 0 Å². The summed E-state index contributed by atoms with van der Waals surface area (Å²) in [6, 6.07) is 26.8. The predicted octanol–water partition coefficient (Wildman–Crippen LogP) is 5.42. The number of para-hydroxylation sites is 2. The van der Waals surface area contributed by atoms with E-state index in [1.165, 1.54) is 17.7 Å². The summed E-state index contributed by atoms with van der Waals surface area (Å²) in [7, 11) is -3.69. The Bertz CT molecular complexity index is 1320. The van der Waals surface area contributed by atoms with Gasteiger partial charge in [0, 0.05) is 17.7 Å². The van der Waals surface area contributed by atoms with Crippen LogP contribution in [0.1, 0.15) is 15.9 Å². The van der Waals surface area contributed by atoms with Crippen molar-refractivity contribution in [2.75, 3.05) is 16.6 Å². The van der Waals surface area contributed by atoms with Crippen molar-refractivity contribution in [3.8, 4) is 5.75 Å². The van der Waals surface area contributed by atoms with Gasteiger partial charge in [0.05, 0.1) is 12.3 Å². The Morgan fingerprint density at radius 3 is 2.45 bits per heavy atom. The highest BCUT2D eigenvalue weighted by atomic mass is 32.2. The summed E-state index contributed by atoms with van der Waals surface area (Å²) < 4.78 is 33.6. The molecule has 0 spiro atoms. The molecule has 3 aromatic carbocycles. The van der Waals surface area contributed by atoms with Crippen molar-refractivity contribution in [3.05, 3.63) is 108 Å². The molecule has 168 valence electrons. The first kappa shape index (κ1) is 22.6. The Morgan fingerprint density at radius 2 is 1.67 bits per heavy atom. The summed E-state index contributed by atoms with van der Waals surface area (Å²) in [4.78, 5) is 12.9. The van der Waals surface area contributed by atoms with E-state index >= 15 is 0 Å². The van der Waals surface area contributed by atoms with Crippen molar-refractivity contribution >= 4 is 38.6 Å². The molecule has 2 N–H and O–H groups in total. The fourth-order valence-electron chi connectivity index (χ4n) is 3.16. The lowest BCUT2D eigenvalue weighted by Crippen LogP contribution is -2.15. The molecule has 0 aliphatic rings. The minimum Gasteiger partial charge on any atom is -0.491 e. The van der Waals surface area contributed by atoms with Crippen LogP contribution in [0.15, 0.2) is 101 Å². The summed E-state index contributed by atoms with van der Waals surface area (Å²) in [5.41, 5.74) is 2.34. The largest absolute Gasteiger partial charge is 0.491 e. The van der Waals surface area contributed by atoms with Crippen molar-refractivity contribution < 1.29 is 17.9 Å². The average molecular weight is 479 g/mol. The molecule has 8 heteroatoms. The zero-order valence-corrected chi connectivity index (χ0v) is 19.2. The van der Waals surface area contributed by atoms with Crippen LogP contribution in [0.3, 0.4) is 0 Å². The molecule has 0 saturated heterocycles. The number of carbonyl (C=O) groups is 1. The highest BCUT2D eigenvalue weighted by Gasteiger charge is 2.16. The Labute approximate surface area is 196 Å². The summed E-state index contributed by atoms with van der Waals surface area (Å²) in [6.07, 6.45) is 0.746. The highest BCUT2D eigenvalue weighted by Crippen LogP contribution is 2.26. The topological polar surface area (TPSA) is 84.5 Å². The Morgan fingerprint density at radius 1 is 0.879 bits per heavy atom. The van der Waals surface area contributed by atoms with Crippen LogP contribution >= 0.6 is 11.3 Å². The number of hydrogen-bond acceptors (Lipinski definition) is 5. The monoisotopic (exact) mass is 478 g/mol. The molecule has 0 unspecified atom stereocenters. The number of nitrogens with one attached hydrogen (secondary N) is 2. The zero-order valence-electron chi connectivity index (χ0n) is 17.6. The molecule has 6 nitrogen and oxygen atoms in total. The lowest BCUT2D eigenvalue weighted by atomic mass is 10.1. The lowest BCUT2D eigenvalue weighted by molar-refractivity contribution is 0.102. The van der Waals surface area contributed by atoms with Gasteiger partial charge in [-0.15, -0.1) is 11.3 Å². The fraction of sp³-hybridized carbons (Fsp3) is 0.0800. The summed E-state index contributed by atoms with van der Waals surface area (Å²) >= 11 is 1.12. The van der Waals surface area contributed by atoms with Gasteiger partial charge in [-0.3, -0.25) is 9.52 Å². The minimum atomic E-state index is -3.69. The summed E-state index contributed by atoms with van der Waals surface area (Å²) in [5, 5.41) is 4.55.